The predicted molar refractivity (Wildman–Crippen MR) is 100 cm³/mol. The van der Waals surface area contributed by atoms with Gasteiger partial charge in [-0.3, -0.25) is 9.69 Å². The van der Waals surface area contributed by atoms with Gasteiger partial charge in [0.05, 0.1) is 0 Å². The van der Waals surface area contributed by atoms with Gasteiger partial charge in [0, 0.05) is 62.2 Å². The van der Waals surface area contributed by atoms with Gasteiger partial charge >= 0.3 is 0 Å². The average molecular weight is 360 g/mol. The number of anilines is 2. The number of nitrogens with zero attached hydrogens (tertiary/aromatic N) is 4. The average Bonchev–Trinajstić information content (AvgIpc) is 2.64. The smallest absolute Gasteiger partial charge is 0.225 e. The number of carbonyl (C=O) groups is 1. The maximum absolute atomic E-state index is 12.1. The van der Waals surface area contributed by atoms with Crippen LogP contribution in [-0.2, 0) is 4.79 Å². The second kappa shape index (κ2) is 8.27. The minimum atomic E-state index is 0.00809. The number of piperazine rings is 1. The standard InChI is InChI=1S/C18H22ClN5O/c1-14-3-4-15(13-16(14)19)22-17(25)5-8-23-9-11-24(12-10-23)18-20-6-2-7-21-18/h2-4,6-7,13H,5,8-12H2,1H3,(H,22,25). The van der Waals surface area contributed by atoms with Gasteiger partial charge in [-0.1, -0.05) is 17.7 Å². The minimum absolute atomic E-state index is 0.00809. The molecule has 2 aromatic rings. The normalized spacial score (nSPS) is 15.2. The maximum Gasteiger partial charge on any atom is 0.225 e. The summed E-state index contributed by atoms with van der Waals surface area (Å²) in [7, 11) is 0. The van der Waals surface area contributed by atoms with Crippen LogP contribution in [-0.4, -0.2) is 53.5 Å². The fraction of sp³-hybridized carbons (Fsp3) is 0.389. The first kappa shape index (κ1) is 17.6. The molecule has 1 aliphatic heterocycles. The largest absolute Gasteiger partial charge is 0.338 e. The summed E-state index contributed by atoms with van der Waals surface area (Å²) in [6.07, 6.45) is 3.99. The Balaban J connectivity index is 1.42. The molecule has 2 heterocycles. The quantitative estimate of drug-likeness (QED) is 0.889. The number of nitrogens with one attached hydrogen (secondary N) is 1. The molecule has 0 aliphatic carbocycles. The lowest BCUT2D eigenvalue weighted by atomic mass is 10.2. The Hall–Kier alpha value is -2.18. The number of rotatable bonds is 5. The van der Waals surface area contributed by atoms with Gasteiger partial charge < -0.3 is 10.2 Å². The molecule has 0 unspecified atom stereocenters. The molecule has 1 aromatic carbocycles. The van der Waals surface area contributed by atoms with E-state index in [2.05, 4.69) is 25.1 Å². The summed E-state index contributed by atoms with van der Waals surface area (Å²) in [5.74, 6) is 0.782. The van der Waals surface area contributed by atoms with Crippen molar-refractivity contribution >= 4 is 29.1 Å². The Morgan fingerprint density at radius 1 is 1.20 bits per heavy atom. The third-order valence-electron chi connectivity index (χ3n) is 4.32. The third kappa shape index (κ3) is 4.90. The first-order chi connectivity index (χ1) is 12.1. The SMILES string of the molecule is Cc1ccc(NC(=O)CCN2CCN(c3ncccn3)CC2)cc1Cl. The van der Waals surface area contributed by atoms with Crippen LogP contribution in [0.4, 0.5) is 11.6 Å². The van der Waals surface area contributed by atoms with Crippen molar-refractivity contribution in [2.45, 2.75) is 13.3 Å². The highest BCUT2D eigenvalue weighted by atomic mass is 35.5. The van der Waals surface area contributed by atoms with E-state index in [0.29, 0.717) is 11.4 Å². The number of benzene rings is 1. The summed E-state index contributed by atoms with van der Waals surface area (Å²) < 4.78 is 0. The van der Waals surface area contributed by atoms with Crippen LogP contribution in [0.15, 0.2) is 36.7 Å². The van der Waals surface area contributed by atoms with Gasteiger partial charge in [-0.25, -0.2) is 9.97 Å². The van der Waals surface area contributed by atoms with Crippen molar-refractivity contribution in [2.24, 2.45) is 0 Å². The Morgan fingerprint density at radius 2 is 1.92 bits per heavy atom. The zero-order valence-corrected chi connectivity index (χ0v) is 15.0. The van der Waals surface area contributed by atoms with E-state index >= 15 is 0 Å². The highest BCUT2D eigenvalue weighted by molar-refractivity contribution is 6.31. The van der Waals surface area contributed by atoms with E-state index in [0.717, 1.165) is 49.9 Å². The van der Waals surface area contributed by atoms with E-state index in [1.807, 2.05) is 25.1 Å². The van der Waals surface area contributed by atoms with Crippen LogP contribution in [0, 0.1) is 6.92 Å². The molecule has 1 N–H and O–H groups in total. The molecule has 1 aromatic heterocycles. The Morgan fingerprint density at radius 3 is 2.60 bits per heavy atom. The van der Waals surface area contributed by atoms with Gasteiger partial charge in [-0.2, -0.15) is 0 Å². The maximum atomic E-state index is 12.1. The molecule has 1 amide bonds. The van der Waals surface area contributed by atoms with Crippen molar-refractivity contribution in [3.05, 3.63) is 47.2 Å². The van der Waals surface area contributed by atoms with E-state index in [4.69, 9.17) is 11.6 Å². The summed E-state index contributed by atoms with van der Waals surface area (Å²) in [6.45, 7) is 6.24. The van der Waals surface area contributed by atoms with Crippen LogP contribution in [0.25, 0.3) is 0 Å². The first-order valence-electron chi connectivity index (χ1n) is 8.42. The molecular weight excluding hydrogens is 338 g/mol. The zero-order valence-electron chi connectivity index (χ0n) is 14.3. The predicted octanol–water partition coefficient (Wildman–Crippen LogP) is 2.59. The van der Waals surface area contributed by atoms with Crippen LogP contribution >= 0.6 is 11.6 Å². The second-order valence-corrected chi connectivity index (χ2v) is 6.55. The lowest BCUT2D eigenvalue weighted by Crippen LogP contribution is -2.47. The summed E-state index contributed by atoms with van der Waals surface area (Å²) in [6, 6.07) is 7.38. The lowest BCUT2D eigenvalue weighted by Gasteiger charge is -2.34. The molecule has 1 saturated heterocycles. The number of halogens is 1. The monoisotopic (exact) mass is 359 g/mol. The number of hydrogen-bond donors (Lipinski definition) is 1. The lowest BCUT2D eigenvalue weighted by molar-refractivity contribution is -0.116. The molecule has 0 bridgehead atoms. The van der Waals surface area contributed by atoms with Gasteiger partial charge in [-0.05, 0) is 30.7 Å². The van der Waals surface area contributed by atoms with Crippen LogP contribution in [0.3, 0.4) is 0 Å². The highest BCUT2D eigenvalue weighted by Gasteiger charge is 2.19. The second-order valence-electron chi connectivity index (χ2n) is 6.14. The van der Waals surface area contributed by atoms with Crippen molar-refractivity contribution in [2.75, 3.05) is 42.9 Å². The fourth-order valence-corrected chi connectivity index (χ4v) is 2.96. The Kier molecular flexibility index (Phi) is 5.83. The molecule has 1 aliphatic rings. The van der Waals surface area contributed by atoms with E-state index in [9.17, 15) is 4.79 Å². The number of carbonyl (C=O) groups excluding carboxylic acids is 1. The van der Waals surface area contributed by atoms with Gasteiger partial charge in [0.1, 0.15) is 0 Å². The first-order valence-corrected chi connectivity index (χ1v) is 8.80. The highest BCUT2D eigenvalue weighted by Crippen LogP contribution is 2.20. The van der Waals surface area contributed by atoms with Crippen LogP contribution < -0.4 is 10.2 Å². The summed E-state index contributed by atoms with van der Waals surface area (Å²) in [5, 5.41) is 3.57. The number of hydrogen-bond acceptors (Lipinski definition) is 5. The summed E-state index contributed by atoms with van der Waals surface area (Å²) in [5.41, 5.74) is 1.74. The molecule has 0 radical (unpaired) electrons. The summed E-state index contributed by atoms with van der Waals surface area (Å²) >= 11 is 6.09. The number of amides is 1. The van der Waals surface area contributed by atoms with Crippen molar-refractivity contribution in [1.29, 1.82) is 0 Å². The number of aryl methyl sites for hydroxylation is 1. The van der Waals surface area contributed by atoms with Crippen molar-refractivity contribution < 1.29 is 4.79 Å². The molecule has 25 heavy (non-hydrogen) atoms. The molecular formula is C18H22ClN5O. The van der Waals surface area contributed by atoms with E-state index < -0.39 is 0 Å². The minimum Gasteiger partial charge on any atom is -0.338 e. The van der Waals surface area contributed by atoms with Crippen molar-refractivity contribution in [3.63, 3.8) is 0 Å². The van der Waals surface area contributed by atoms with Crippen LogP contribution in [0.1, 0.15) is 12.0 Å². The van der Waals surface area contributed by atoms with E-state index in [1.54, 1.807) is 18.5 Å². The molecule has 1 fully saturated rings. The zero-order chi connectivity index (χ0) is 17.6. The van der Waals surface area contributed by atoms with Crippen molar-refractivity contribution in [1.82, 2.24) is 14.9 Å². The third-order valence-corrected chi connectivity index (χ3v) is 4.73. The topological polar surface area (TPSA) is 61.4 Å². The number of aromatic nitrogens is 2. The molecule has 6 nitrogen and oxygen atoms in total. The molecule has 0 saturated carbocycles. The van der Waals surface area contributed by atoms with Gasteiger partial charge in [-0.15, -0.1) is 0 Å². The van der Waals surface area contributed by atoms with Crippen LogP contribution in [0.2, 0.25) is 5.02 Å². The van der Waals surface area contributed by atoms with Crippen molar-refractivity contribution in [3.8, 4) is 0 Å². The van der Waals surface area contributed by atoms with Crippen LogP contribution in [0.5, 0.6) is 0 Å². The molecule has 132 valence electrons. The summed E-state index contributed by atoms with van der Waals surface area (Å²) in [4.78, 5) is 25.2. The van der Waals surface area contributed by atoms with E-state index in [-0.39, 0.29) is 5.91 Å². The molecule has 0 atom stereocenters. The van der Waals surface area contributed by atoms with E-state index in [1.165, 1.54) is 0 Å². The van der Waals surface area contributed by atoms with Gasteiger partial charge in [0.2, 0.25) is 11.9 Å². The van der Waals surface area contributed by atoms with Gasteiger partial charge in [0.15, 0.2) is 0 Å². The molecule has 3 rings (SSSR count). The molecule has 7 heteroatoms. The Labute approximate surface area is 152 Å². The van der Waals surface area contributed by atoms with Gasteiger partial charge in [0.25, 0.3) is 0 Å². The molecule has 0 spiro atoms. The Bertz CT molecular complexity index is 717. The fourth-order valence-electron chi connectivity index (χ4n) is 2.78.